The number of carbonyl (C=O) groups is 2. The van der Waals surface area contributed by atoms with Crippen LogP contribution in [0.15, 0.2) is 61.1 Å². The summed E-state index contributed by atoms with van der Waals surface area (Å²) in [6.45, 7) is 1.43. The first-order chi connectivity index (χ1) is 14.0. The average Bonchev–Trinajstić information content (AvgIpc) is 2.72. The summed E-state index contributed by atoms with van der Waals surface area (Å²) >= 11 is 12.0. The van der Waals surface area contributed by atoms with E-state index < -0.39 is 18.0 Å². The lowest BCUT2D eigenvalue weighted by Crippen LogP contribution is -2.30. The van der Waals surface area contributed by atoms with Crippen LogP contribution in [-0.2, 0) is 9.53 Å². The zero-order valence-electron chi connectivity index (χ0n) is 15.1. The normalized spacial score (nSPS) is 11.4. The Morgan fingerprint density at radius 1 is 1.07 bits per heavy atom. The quantitative estimate of drug-likeness (QED) is 0.565. The van der Waals surface area contributed by atoms with E-state index in [-0.39, 0.29) is 16.5 Å². The predicted octanol–water partition coefficient (Wildman–Crippen LogP) is 4.76. The highest BCUT2D eigenvalue weighted by Crippen LogP contribution is 2.29. The molecule has 0 radical (unpaired) electrons. The molecule has 1 atom stereocenters. The summed E-state index contributed by atoms with van der Waals surface area (Å²) in [5.41, 5.74) is 0.380. The van der Waals surface area contributed by atoms with Gasteiger partial charge in [-0.3, -0.25) is 9.78 Å². The fraction of sp³-hybridized carbons (Fsp3) is 0.100. The minimum atomic E-state index is -1.11. The highest BCUT2D eigenvalue weighted by atomic mass is 35.5. The maximum Gasteiger partial charge on any atom is 0.344 e. The molecule has 3 rings (SSSR count). The van der Waals surface area contributed by atoms with Gasteiger partial charge in [-0.1, -0.05) is 29.3 Å². The summed E-state index contributed by atoms with van der Waals surface area (Å²) in [5.74, 6) is -0.893. The van der Waals surface area contributed by atoms with Crippen LogP contribution in [0.4, 0.5) is 5.69 Å². The van der Waals surface area contributed by atoms with E-state index >= 15 is 0 Å². The standard InChI is InChI=1S/C20H15Cl2N3O4/c1-12(18(26)25-16-8-2-7-15(21)17(16)22)28-20(27)14-6-4-10-24-19(14)29-13-5-3-9-23-11-13/h2-12H,1H3,(H,25,26). The molecule has 29 heavy (non-hydrogen) atoms. The molecule has 1 aromatic carbocycles. The second-order valence-electron chi connectivity index (χ2n) is 5.79. The molecule has 0 aliphatic heterocycles. The van der Waals surface area contributed by atoms with Gasteiger partial charge in [-0.15, -0.1) is 0 Å². The Morgan fingerprint density at radius 3 is 2.62 bits per heavy atom. The number of nitrogens with zero attached hydrogens (tertiary/aromatic N) is 2. The molecule has 9 heteroatoms. The summed E-state index contributed by atoms with van der Waals surface area (Å²) in [7, 11) is 0. The van der Waals surface area contributed by atoms with Crippen molar-refractivity contribution in [2.24, 2.45) is 0 Å². The van der Waals surface area contributed by atoms with Crippen LogP contribution >= 0.6 is 23.2 Å². The third kappa shape index (κ3) is 5.22. The number of hydrogen-bond donors (Lipinski definition) is 1. The summed E-state index contributed by atoms with van der Waals surface area (Å²) in [4.78, 5) is 32.9. The molecule has 0 saturated carbocycles. The van der Waals surface area contributed by atoms with Crippen LogP contribution in [0.1, 0.15) is 17.3 Å². The largest absolute Gasteiger partial charge is 0.449 e. The van der Waals surface area contributed by atoms with Crippen LogP contribution < -0.4 is 10.1 Å². The first kappa shape index (κ1) is 20.6. The first-order valence-electron chi connectivity index (χ1n) is 8.44. The number of nitrogens with one attached hydrogen (secondary N) is 1. The lowest BCUT2D eigenvalue weighted by Gasteiger charge is -2.15. The van der Waals surface area contributed by atoms with E-state index in [1.54, 1.807) is 42.6 Å². The van der Waals surface area contributed by atoms with Crippen molar-refractivity contribution in [2.75, 3.05) is 5.32 Å². The van der Waals surface area contributed by atoms with Gasteiger partial charge in [-0.25, -0.2) is 9.78 Å². The molecular weight excluding hydrogens is 417 g/mol. The number of aromatic nitrogens is 2. The van der Waals surface area contributed by atoms with Gasteiger partial charge >= 0.3 is 5.97 Å². The molecule has 3 aromatic rings. The topological polar surface area (TPSA) is 90.4 Å². The number of pyridine rings is 2. The molecule has 7 nitrogen and oxygen atoms in total. The van der Waals surface area contributed by atoms with Crippen molar-refractivity contribution >= 4 is 40.8 Å². The van der Waals surface area contributed by atoms with Crippen LogP contribution in [0.25, 0.3) is 0 Å². The van der Waals surface area contributed by atoms with Gasteiger partial charge in [0.05, 0.1) is 21.9 Å². The van der Waals surface area contributed by atoms with Gasteiger partial charge in [0.15, 0.2) is 6.10 Å². The second-order valence-corrected chi connectivity index (χ2v) is 6.57. The Kier molecular flexibility index (Phi) is 6.64. The van der Waals surface area contributed by atoms with Crippen molar-refractivity contribution in [3.63, 3.8) is 0 Å². The summed E-state index contributed by atoms with van der Waals surface area (Å²) in [6, 6.07) is 11.2. The van der Waals surface area contributed by atoms with Gasteiger partial charge in [-0.05, 0) is 43.3 Å². The van der Waals surface area contributed by atoms with Crippen molar-refractivity contribution in [1.29, 1.82) is 0 Å². The molecule has 0 fully saturated rings. The minimum Gasteiger partial charge on any atom is -0.449 e. The van der Waals surface area contributed by atoms with Crippen LogP contribution in [0.3, 0.4) is 0 Å². The van der Waals surface area contributed by atoms with Crippen LogP contribution in [0, 0.1) is 0 Å². The SMILES string of the molecule is CC(OC(=O)c1cccnc1Oc1cccnc1)C(=O)Nc1cccc(Cl)c1Cl. The van der Waals surface area contributed by atoms with Gasteiger partial charge in [0.2, 0.25) is 5.88 Å². The van der Waals surface area contributed by atoms with Crippen molar-refractivity contribution < 1.29 is 19.1 Å². The molecule has 2 aromatic heterocycles. The average molecular weight is 432 g/mol. The molecule has 0 bridgehead atoms. The molecule has 0 aliphatic carbocycles. The molecule has 1 amide bonds. The highest BCUT2D eigenvalue weighted by molar-refractivity contribution is 6.44. The van der Waals surface area contributed by atoms with Gasteiger partial charge in [0.1, 0.15) is 11.3 Å². The minimum absolute atomic E-state index is 0.0380. The monoisotopic (exact) mass is 431 g/mol. The Bertz CT molecular complexity index is 1030. The molecular formula is C20H15Cl2N3O4. The van der Waals surface area contributed by atoms with Crippen molar-refractivity contribution in [3.8, 4) is 11.6 Å². The summed E-state index contributed by atoms with van der Waals surface area (Å²) in [5, 5.41) is 3.06. The van der Waals surface area contributed by atoms with Gasteiger partial charge < -0.3 is 14.8 Å². The van der Waals surface area contributed by atoms with Gasteiger partial charge in [-0.2, -0.15) is 0 Å². The molecule has 2 heterocycles. The third-order valence-electron chi connectivity index (χ3n) is 3.70. The molecule has 0 aliphatic rings. The van der Waals surface area contributed by atoms with Gasteiger partial charge in [0, 0.05) is 12.4 Å². The number of halogens is 2. The van der Waals surface area contributed by atoms with E-state index in [0.29, 0.717) is 16.5 Å². The first-order valence-corrected chi connectivity index (χ1v) is 9.20. The highest BCUT2D eigenvalue weighted by Gasteiger charge is 2.23. The van der Waals surface area contributed by atoms with Crippen molar-refractivity contribution in [3.05, 3.63) is 76.7 Å². The number of rotatable bonds is 6. The van der Waals surface area contributed by atoms with E-state index in [9.17, 15) is 9.59 Å². The van der Waals surface area contributed by atoms with Crippen molar-refractivity contribution in [1.82, 2.24) is 9.97 Å². The zero-order valence-corrected chi connectivity index (χ0v) is 16.6. The molecule has 0 saturated heterocycles. The summed E-state index contributed by atoms with van der Waals surface area (Å²) in [6.07, 6.45) is 3.44. The smallest absolute Gasteiger partial charge is 0.344 e. The number of benzene rings is 1. The molecule has 1 N–H and O–H groups in total. The van der Waals surface area contributed by atoms with Crippen LogP contribution in [-0.4, -0.2) is 27.9 Å². The van der Waals surface area contributed by atoms with E-state index in [1.165, 1.54) is 25.4 Å². The van der Waals surface area contributed by atoms with Crippen molar-refractivity contribution in [2.45, 2.75) is 13.0 Å². The van der Waals surface area contributed by atoms with Gasteiger partial charge in [0.25, 0.3) is 5.91 Å². The lowest BCUT2D eigenvalue weighted by molar-refractivity contribution is -0.123. The number of amides is 1. The Balaban J connectivity index is 1.70. The number of ether oxygens (including phenoxy) is 2. The van der Waals surface area contributed by atoms with Crippen LogP contribution in [0.2, 0.25) is 10.0 Å². The maximum absolute atomic E-state index is 12.6. The Morgan fingerprint density at radius 2 is 1.86 bits per heavy atom. The number of hydrogen-bond acceptors (Lipinski definition) is 6. The zero-order chi connectivity index (χ0) is 20.8. The third-order valence-corrected chi connectivity index (χ3v) is 4.52. The van der Waals surface area contributed by atoms with E-state index in [2.05, 4.69) is 15.3 Å². The number of anilines is 1. The number of carbonyl (C=O) groups excluding carboxylic acids is 2. The molecule has 148 valence electrons. The van der Waals surface area contributed by atoms with E-state index in [1.807, 2.05) is 0 Å². The fourth-order valence-corrected chi connectivity index (χ4v) is 2.61. The predicted molar refractivity (Wildman–Crippen MR) is 109 cm³/mol. The second kappa shape index (κ2) is 9.36. The summed E-state index contributed by atoms with van der Waals surface area (Å²) < 4.78 is 10.8. The Hall–Kier alpha value is -3.16. The van der Waals surface area contributed by atoms with E-state index in [0.717, 1.165) is 0 Å². The van der Waals surface area contributed by atoms with E-state index in [4.69, 9.17) is 32.7 Å². The lowest BCUT2D eigenvalue weighted by atomic mass is 10.2. The molecule has 0 spiro atoms. The fourth-order valence-electron chi connectivity index (χ4n) is 2.26. The van der Waals surface area contributed by atoms with Crippen LogP contribution in [0.5, 0.6) is 11.6 Å². The Labute approximate surface area is 176 Å². The maximum atomic E-state index is 12.6. The molecule has 1 unspecified atom stereocenters. The number of esters is 1.